The van der Waals surface area contributed by atoms with E-state index in [1.54, 1.807) is 0 Å². The number of carbonyl (C=O) groups is 1. The van der Waals surface area contributed by atoms with E-state index >= 15 is 0 Å². The van der Waals surface area contributed by atoms with Gasteiger partial charge in [-0.1, -0.05) is 12.8 Å². The van der Waals surface area contributed by atoms with Gasteiger partial charge in [0.2, 0.25) is 0 Å². The molecule has 2 fully saturated rings. The lowest BCUT2D eigenvalue weighted by atomic mass is 9.91. The minimum absolute atomic E-state index is 0.484. The normalized spacial score (nSPS) is 38.4. The first-order chi connectivity index (χ1) is 5.38. The monoisotopic (exact) mass is 152 g/mol. The van der Waals surface area contributed by atoms with Crippen LogP contribution in [-0.4, -0.2) is 5.78 Å². The molecule has 0 saturated heterocycles. The van der Waals surface area contributed by atoms with Gasteiger partial charge in [-0.2, -0.15) is 0 Å². The second kappa shape index (κ2) is 2.96. The summed E-state index contributed by atoms with van der Waals surface area (Å²) in [6.07, 6.45) is 8.50. The maximum Gasteiger partial charge on any atom is 0.136 e. The summed E-state index contributed by atoms with van der Waals surface area (Å²) in [5, 5.41) is 0. The summed E-state index contributed by atoms with van der Waals surface area (Å²) in [7, 11) is 0. The SMILES string of the molecule is O=C1CCCCC2CCC[C@H]12. The van der Waals surface area contributed by atoms with Crippen molar-refractivity contribution in [1.82, 2.24) is 0 Å². The van der Waals surface area contributed by atoms with Gasteiger partial charge in [0.15, 0.2) is 0 Å². The lowest BCUT2D eigenvalue weighted by Gasteiger charge is -2.13. The molecule has 0 N–H and O–H groups in total. The largest absolute Gasteiger partial charge is 0.299 e. The molecule has 0 aliphatic heterocycles. The molecule has 2 aliphatic rings. The van der Waals surface area contributed by atoms with Crippen molar-refractivity contribution in [2.45, 2.75) is 44.9 Å². The van der Waals surface area contributed by atoms with Gasteiger partial charge in [-0.15, -0.1) is 0 Å². The van der Waals surface area contributed by atoms with Gasteiger partial charge in [-0.25, -0.2) is 0 Å². The highest BCUT2D eigenvalue weighted by Gasteiger charge is 2.33. The van der Waals surface area contributed by atoms with Gasteiger partial charge in [0, 0.05) is 12.3 Å². The minimum Gasteiger partial charge on any atom is -0.299 e. The lowest BCUT2D eigenvalue weighted by Crippen LogP contribution is -2.15. The van der Waals surface area contributed by atoms with E-state index in [1.807, 2.05) is 0 Å². The Morgan fingerprint density at radius 1 is 1.00 bits per heavy atom. The van der Waals surface area contributed by atoms with Gasteiger partial charge in [-0.05, 0) is 31.6 Å². The highest BCUT2D eigenvalue weighted by atomic mass is 16.1. The molecular formula is C10H16O. The van der Waals surface area contributed by atoms with Gasteiger partial charge in [0.25, 0.3) is 0 Å². The molecule has 62 valence electrons. The summed E-state index contributed by atoms with van der Waals surface area (Å²) in [6, 6.07) is 0. The zero-order valence-corrected chi connectivity index (χ0v) is 7.01. The molecule has 0 bridgehead atoms. The van der Waals surface area contributed by atoms with Gasteiger partial charge in [0.05, 0.1) is 0 Å². The molecule has 0 radical (unpaired) electrons. The van der Waals surface area contributed by atoms with E-state index in [9.17, 15) is 4.79 Å². The molecule has 2 rings (SSSR count). The predicted molar refractivity (Wildman–Crippen MR) is 44.3 cm³/mol. The first kappa shape index (κ1) is 7.33. The van der Waals surface area contributed by atoms with Crippen LogP contribution < -0.4 is 0 Å². The van der Waals surface area contributed by atoms with E-state index in [4.69, 9.17) is 0 Å². The van der Waals surface area contributed by atoms with Crippen LogP contribution in [0.25, 0.3) is 0 Å². The average molecular weight is 152 g/mol. The molecule has 0 aromatic carbocycles. The van der Waals surface area contributed by atoms with Crippen LogP contribution in [0, 0.1) is 11.8 Å². The number of hydrogen-bond donors (Lipinski definition) is 0. The Bertz CT molecular complexity index is 162. The van der Waals surface area contributed by atoms with E-state index < -0.39 is 0 Å². The Morgan fingerprint density at radius 3 is 2.73 bits per heavy atom. The Hall–Kier alpha value is -0.330. The van der Waals surface area contributed by atoms with Crippen molar-refractivity contribution < 1.29 is 4.79 Å². The zero-order valence-electron chi connectivity index (χ0n) is 7.01. The molecule has 0 amide bonds. The summed E-state index contributed by atoms with van der Waals surface area (Å²) >= 11 is 0. The van der Waals surface area contributed by atoms with E-state index in [0.29, 0.717) is 11.7 Å². The number of carbonyl (C=O) groups excluding carboxylic acids is 1. The fourth-order valence-electron chi connectivity index (χ4n) is 2.70. The molecule has 1 nitrogen and oxygen atoms in total. The third-order valence-corrected chi connectivity index (χ3v) is 3.32. The Kier molecular flexibility index (Phi) is 1.97. The molecular weight excluding hydrogens is 136 g/mol. The Labute approximate surface area is 68.2 Å². The fourth-order valence-corrected chi connectivity index (χ4v) is 2.70. The summed E-state index contributed by atoms with van der Waals surface area (Å²) in [5.74, 6) is 1.84. The Balaban J connectivity index is 2.09. The number of Topliss-reactive ketones (excluding diaryl/α,β-unsaturated/α-hetero) is 1. The topological polar surface area (TPSA) is 17.1 Å². The summed E-state index contributed by atoms with van der Waals surface area (Å²) in [6.45, 7) is 0. The van der Waals surface area contributed by atoms with Crippen LogP contribution in [0.3, 0.4) is 0 Å². The molecule has 1 heteroatoms. The van der Waals surface area contributed by atoms with Crippen LogP contribution >= 0.6 is 0 Å². The molecule has 2 atom stereocenters. The summed E-state index contributed by atoms with van der Waals surface area (Å²) < 4.78 is 0. The molecule has 2 saturated carbocycles. The second-order valence-corrected chi connectivity index (χ2v) is 4.01. The predicted octanol–water partition coefficient (Wildman–Crippen LogP) is 2.55. The first-order valence-electron chi connectivity index (χ1n) is 4.90. The third-order valence-electron chi connectivity index (χ3n) is 3.32. The minimum atomic E-state index is 0.484. The number of rotatable bonds is 0. The summed E-state index contributed by atoms with van der Waals surface area (Å²) in [4.78, 5) is 11.5. The summed E-state index contributed by atoms with van der Waals surface area (Å²) in [5.41, 5.74) is 0. The maximum atomic E-state index is 11.5. The van der Waals surface area contributed by atoms with Crippen molar-refractivity contribution in [2.24, 2.45) is 11.8 Å². The van der Waals surface area contributed by atoms with Crippen LogP contribution in [0.2, 0.25) is 0 Å². The standard InChI is InChI=1S/C10H16O/c11-10-7-2-1-4-8-5-3-6-9(8)10/h8-9H,1-7H2/t8?,9-/m0/s1. The van der Waals surface area contributed by atoms with Crippen molar-refractivity contribution in [3.8, 4) is 0 Å². The molecule has 0 aromatic rings. The van der Waals surface area contributed by atoms with E-state index in [0.717, 1.165) is 18.8 Å². The van der Waals surface area contributed by atoms with Gasteiger partial charge in [-0.3, -0.25) is 4.79 Å². The van der Waals surface area contributed by atoms with Crippen LogP contribution in [0.15, 0.2) is 0 Å². The van der Waals surface area contributed by atoms with Crippen LogP contribution in [-0.2, 0) is 4.79 Å². The van der Waals surface area contributed by atoms with Crippen molar-refractivity contribution in [2.75, 3.05) is 0 Å². The second-order valence-electron chi connectivity index (χ2n) is 4.01. The third kappa shape index (κ3) is 1.33. The smallest absolute Gasteiger partial charge is 0.136 e. The van der Waals surface area contributed by atoms with Crippen LogP contribution in [0.4, 0.5) is 0 Å². The van der Waals surface area contributed by atoms with Crippen LogP contribution in [0.5, 0.6) is 0 Å². The highest BCUT2D eigenvalue weighted by Crippen LogP contribution is 2.38. The van der Waals surface area contributed by atoms with Crippen molar-refractivity contribution in [3.05, 3.63) is 0 Å². The van der Waals surface area contributed by atoms with Crippen LogP contribution in [0.1, 0.15) is 44.9 Å². The molecule has 0 aromatic heterocycles. The molecule has 0 heterocycles. The molecule has 0 spiro atoms. The van der Waals surface area contributed by atoms with E-state index in [1.165, 1.54) is 32.1 Å². The first-order valence-corrected chi connectivity index (χ1v) is 4.90. The van der Waals surface area contributed by atoms with Crippen molar-refractivity contribution in [3.63, 3.8) is 0 Å². The van der Waals surface area contributed by atoms with Gasteiger partial charge >= 0.3 is 0 Å². The molecule has 11 heavy (non-hydrogen) atoms. The highest BCUT2D eigenvalue weighted by molar-refractivity contribution is 5.81. The van der Waals surface area contributed by atoms with Crippen molar-refractivity contribution >= 4 is 5.78 Å². The zero-order chi connectivity index (χ0) is 7.68. The molecule has 1 unspecified atom stereocenters. The number of ketones is 1. The fraction of sp³-hybridized carbons (Fsp3) is 0.900. The van der Waals surface area contributed by atoms with Gasteiger partial charge in [0.1, 0.15) is 5.78 Å². The molecule has 2 aliphatic carbocycles. The van der Waals surface area contributed by atoms with Crippen molar-refractivity contribution in [1.29, 1.82) is 0 Å². The van der Waals surface area contributed by atoms with Gasteiger partial charge < -0.3 is 0 Å². The maximum absolute atomic E-state index is 11.5. The number of fused-ring (bicyclic) bond motifs is 1. The average Bonchev–Trinajstić information content (AvgIpc) is 2.40. The quantitative estimate of drug-likeness (QED) is 0.521. The van der Waals surface area contributed by atoms with E-state index in [2.05, 4.69) is 0 Å². The Morgan fingerprint density at radius 2 is 1.82 bits per heavy atom. The number of hydrogen-bond acceptors (Lipinski definition) is 1. The lowest BCUT2D eigenvalue weighted by molar-refractivity contribution is -0.123. The van der Waals surface area contributed by atoms with E-state index in [-0.39, 0.29) is 0 Å².